The maximum absolute atomic E-state index is 10.5. The molecule has 0 radical (unpaired) electrons. The zero-order valence-corrected chi connectivity index (χ0v) is 5.94. The molecule has 3 heteroatoms. The number of hydrogen-bond acceptors (Lipinski definition) is 3. The second-order valence-electron chi connectivity index (χ2n) is 1.76. The van der Waals surface area contributed by atoms with Gasteiger partial charge in [-0.05, 0) is 13.5 Å². The van der Waals surface area contributed by atoms with Gasteiger partial charge in [0.25, 0.3) is 0 Å². The lowest BCUT2D eigenvalue weighted by molar-refractivity contribution is -0.144. The molecule has 0 aliphatic rings. The summed E-state index contributed by atoms with van der Waals surface area (Å²) in [6.07, 6.45) is 1.37. The lowest BCUT2D eigenvalue weighted by Gasteiger charge is -2.00. The van der Waals surface area contributed by atoms with Gasteiger partial charge in [0.05, 0.1) is 0 Å². The molecule has 0 bridgehead atoms. The fraction of sp³-hybridized carbons (Fsp3) is 0.833. The van der Waals surface area contributed by atoms with Crippen molar-refractivity contribution in [1.29, 1.82) is 0 Å². The summed E-state index contributed by atoms with van der Waals surface area (Å²) in [5, 5.41) is 2.71. The third-order valence-corrected chi connectivity index (χ3v) is 0.832. The summed E-state index contributed by atoms with van der Waals surface area (Å²) in [6.45, 7) is 2.26. The first-order chi connectivity index (χ1) is 4.31. The number of hydrogen-bond donors (Lipinski definition) is 1. The van der Waals surface area contributed by atoms with E-state index in [0.29, 0.717) is 13.2 Å². The molecule has 0 aliphatic heterocycles. The standard InChI is InChI=1S/C6H13NO2/c1-3-4-6(8)9-5-7-2/h7H,3-5H2,1-2H3. The van der Waals surface area contributed by atoms with Crippen LogP contribution in [0.15, 0.2) is 0 Å². The molecule has 0 amide bonds. The molecular weight excluding hydrogens is 118 g/mol. The third-order valence-electron chi connectivity index (χ3n) is 0.832. The highest BCUT2D eigenvalue weighted by Gasteiger charge is 1.96. The molecule has 0 atom stereocenters. The van der Waals surface area contributed by atoms with Crippen molar-refractivity contribution in [2.24, 2.45) is 0 Å². The topological polar surface area (TPSA) is 38.3 Å². The zero-order chi connectivity index (χ0) is 7.11. The normalized spacial score (nSPS) is 9.11. The maximum atomic E-state index is 10.5. The van der Waals surface area contributed by atoms with Crippen molar-refractivity contribution in [2.75, 3.05) is 13.8 Å². The number of esters is 1. The Morgan fingerprint density at radius 3 is 2.78 bits per heavy atom. The van der Waals surface area contributed by atoms with E-state index < -0.39 is 0 Å². The van der Waals surface area contributed by atoms with Crippen LogP contribution in [-0.4, -0.2) is 19.7 Å². The molecule has 0 fully saturated rings. The summed E-state index contributed by atoms with van der Waals surface area (Å²) in [5.41, 5.74) is 0. The lowest BCUT2D eigenvalue weighted by Crippen LogP contribution is -2.15. The van der Waals surface area contributed by atoms with Crippen LogP contribution >= 0.6 is 0 Å². The van der Waals surface area contributed by atoms with Crippen LogP contribution < -0.4 is 5.32 Å². The van der Waals surface area contributed by atoms with E-state index in [2.05, 4.69) is 10.1 Å². The number of rotatable bonds is 4. The SMILES string of the molecule is CCCC(=O)OCNC. The van der Waals surface area contributed by atoms with Gasteiger partial charge in [0.1, 0.15) is 6.73 Å². The van der Waals surface area contributed by atoms with Gasteiger partial charge in [-0.3, -0.25) is 10.1 Å². The summed E-state index contributed by atoms with van der Waals surface area (Å²) in [6, 6.07) is 0. The van der Waals surface area contributed by atoms with E-state index >= 15 is 0 Å². The minimum atomic E-state index is -0.133. The molecule has 0 rings (SSSR count). The minimum Gasteiger partial charge on any atom is -0.450 e. The molecule has 0 aromatic carbocycles. The Morgan fingerprint density at radius 1 is 1.67 bits per heavy atom. The molecule has 0 aromatic rings. The predicted octanol–water partition coefficient (Wildman–Crippen LogP) is 0.507. The molecule has 54 valence electrons. The fourth-order valence-electron chi connectivity index (χ4n) is 0.429. The second-order valence-corrected chi connectivity index (χ2v) is 1.76. The smallest absolute Gasteiger partial charge is 0.307 e. The van der Waals surface area contributed by atoms with Crippen molar-refractivity contribution in [3.63, 3.8) is 0 Å². The molecule has 0 unspecified atom stereocenters. The van der Waals surface area contributed by atoms with Crippen molar-refractivity contribution in [1.82, 2.24) is 5.32 Å². The van der Waals surface area contributed by atoms with Gasteiger partial charge >= 0.3 is 5.97 Å². The van der Waals surface area contributed by atoms with E-state index in [-0.39, 0.29) is 5.97 Å². The number of carbonyl (C=O) groups excluding carboxylic acids is 1. The monoisotopic (exact) mass is 131 g/mol. The highest BCUT2D eigenvalue weighted by molar-refractivity contribution is 5.69. The molecule has 0 saturated heterocycles. The molecule has 0 heterocycles. The molecular formula is C6H13NO2. The fourth-order valence-corrected chi connectivity index (χ4v) is 0.429. The van der Waals surface area contributed by atoms with Crippen LogP contribution in [0.4, 0.5) is 0 Å². The quantitative estimate of drug-likeness (QED) is 0.446. The van der Waals surface area contributed by atoms with Gasteiger partial charge in [-0.1, -0.05) is 6.92 Å². The van der Waals surface area contributed by atoms with Gasteiger partial charge in [-0.25, -0.2) is 0 Å². The third kappa shape index (κ3) is 5.30. The van der Waals surface area contributed by atoms with Crippen LogP contribution in [-0.2, 0) is 9.53 Å². The first-order valence-corrected chi connectivity index (χ1v) is 3.11. The summed E-state index contributed by atoms with van der Waals surface area (Å²) in [7, 11) is 1.74. The highest BCUT2D eigenvalue weighted by atomic mass is 16.5. The number of nitrogens with one attached hydrogen (secondary N) is 1. The Bertz CT molecular complexity index is 83.1. The highest BCUT2D eigenvalue weighted by Crippen LogP contribution is 1.88. The van der Waals surface area contributed by atoms with Crippen molar-refractivity contribution >= 4 is 5.97 Å². The van der Waals surface area contributed by atoms with Crippen molar-refractivity contribution in [3.05, 3.63) is 0 Å². The Kier molecular flexibility index (Phi) is 5.21. The molecule has 1 N–H and O–H groups in total. The first-order valence-electron chi connectivity index (χ1n) is 3.11. The van der Waals surface area contributed by atoms with E-state index in [0.717, 1.165) is 6.42 Å². The van der Waals surface area contributed by atoms with E-state index in [9.17, 15) is 4.79 Å². The molecule has 0 aromatic heterocycles. The van der Waals surface area contributed by atoms with Crippen LogP contribution in [0.25, 0.3) is 0 Å². The summed E-state index contributed by atoms with van der Waals surface area (Å²) >= 11 is 0. The Morgan fingerprint density at radius 2 is 2.33 bits per heavy atom. The lowest BCUT2D eigenvalue weighted by atomic mass is 10.3. The van der Waals surface area contributed by atoms with Crippen LogP contribution in [0, 0.1) is 0 Å². The van der Waals surface area contributed by atoms with Crippen molar-refractivity contribution in [2.45, 2.75) is 19.8 Å². The van der Waals surface area contributed by atoms with Crippen LogP contribution in [0.2, 0.25) is 0 Å². The van der Waals surface area contributed by atoms with Crippen molar-refractivity contribution < 1.29 is 9.53 Å². The Labute approximate surface area is 55.4 Å². The Balaban J connectivity index is 3.06. The molecule has 0 saturated carbocycles. The van der Waals surface area contributed by atoms with Gasteiger partial charge < -0.3 is 4.74 Å². The van der Waals surface area contributed by atoms with Gasteiger partial charge in [-0.15, -0.1) is 0 Å². The predicted molar refractivity (Wildman–Crippen MR) is 34.9 cm³/mol. The van der Waals surface area contributed by atoms with E-state index in [1.807, 2.05) is 6.92 Å². The zero-order valence-electron chi connectivity index (χ0n) is 5.94. The van der Waals surface area contributed by atoms with E-state index in [1.54, 1.807) is 7.05 Å². The number of carbonyl (C=O) groups is 1. The number of ether oxygens (including phenoxy) is 1. The second kappa shape index (κ2) is 5.56. The Hall–Kier alpha value is -0.570. The first kappa shape index (κ1) is 8.43. The molecule has 0 aliphatic carbocycles. The van der Waals surface area contributed by atoms with Crippen LogP contribution in [0.1, 0.15) is 19.8 Å². The van der Waals surface area contributed by atoms with Gasteiger partial charge in [0.2, 0.25) is 0 Å². The van der Waals surface area contributed by atoms with Crippen LogP contribution in [0.3, 0.4) is 0 Å². The van der Waals surface area contributed by atoms with E-state index in [1.165, 1.54) is 0 Å². The average Bonchev–Trinajstić information content (AvgIpc) is 1.85. The van der Waals surface area contributed by atoms with Gasteiger partial charge in [-0.2, -0.15) is 0 Å². The summed E-state index contributed by atoms with van der Waals surface area (Å²) < 4.78 is 4.68. The largest absolute Gasteiger partial charge is 0.450 e. The minimum absolute atomic E-state index is 0.133. The average molecular weight is 131 g/mol. The molecule has 0 spiro atoms. The van der Waals surface area contributed by atoms with E-state index in [4.69, 9.17) is 0 Å². The van der Waals surface area contributed by atoms with Crippen LogP contribution in [0.5, 0.6) is 0 Å². The maximum Gasteiger partial charge on any atom is 0.307 e. The summed E-state index contributed by atoms with van der Waals surface area (Å²) in [4.78, 5) is 10.5. The van der Waals surface area contributed by atoms with Gasteiger partial charge in [0, 0.05) is 6.42 Å². The molecule has 3 nitrogen and oxygen atoms in total. The van der Waals surface area contributed by atoms with Crippen molar-refractivity contribution in [3.8, 4) is 0 Å². The van der Waals surface area contributed by atoms with Gasteiger partial charge in [0.15, 0.2) is 0 Å². The summed E-state index contributed by atoms with van der Waals surface area (Å²) in [5.74, 6) is -0.133. The molecule has 9 heavy (non-hydrogen) atoms.